The number of urea groups is 1. The molecule has 3 amide bonds. The fourth-order valence-electron chi connectivity index (χ4n) is 2.23. The van der Waals surface area contributed by atoms with Crippen LogP contribution in [0.15, 0.2) is 60.7 Å². The van der Waals surface area contributed by atoms with E-state index in [1.54, 1.807) is 20.8 Å². The molecule has 138 valence electrons. The summed E-state index contributed by atoms with van der Waals surface area (Å²) in [6.07, 6.45) is -1.31. The zero-order valence-corrected chi connectivity index (χ0v) is 15.3. The Bertz CT molecular complexity index is 712. The summed E-state index contributed by atoms with van der Waals surface area (Å²) in [5.74, 6) is 0. The zero-order valence-electron chi connectivity index (χ0n) is 15.3. The van der Waals surface area contributed by atoms with Crippen molar-refractivity contribution in [1.82, 2.24) is 16.0 Å². The van der Waals surface area contributed by atoms with Gasteiger partial charge in [-0.3, -0.25) is 5.32 Å². The summed E-state index contributed by atoms with van der Waals surface area (Å²) in [6.45, 7) is 5.74. The van der Waals surface area contributed by atoms with Gasteiger partial charge in [0.25, 0.3) is 0 Å². The van der Waals surface area contributed by atoms with Gasteiger partial charge in [-0.05, 0) is 31.9 Å². The Hall–Kier alpha value is -3.02. The first kappa shape index (κ1) is 19.3. The number of benzene rings is 2. The second kappa shape index (κ2) is 8.89. The largest absolute Gasteiger partial charge is 0.444 e. The van der Waals surface area contributed by atoms with Crippen LogP contribution in [0.1, 0.15) is 38.1 Å². The average molecular weight is 355 g/mol. The van der Waals surface area contributed by atoms with Crippen molar-refractivity contribution in [2.24, 2.45) is 0 Å². The molecule has 0 saturated heterocycles. The molecule has 0 bridgehead atoms. The Morgan fingerprint density at radius 1 is 0.923 bits per heavy atom. The third kappa shape index (κ3) is 6.84. The number of hydrogen-bond acceptors (Lipinski definition) is 3. The van der Waals surface area contributed by atoms with E-state index in [-0.39, 0.29) is 0 Å². The normalized spacial score (nSPS) is 12.0. The van der Waals surface area contributed by atoms with Crippen LogP contribution in [0.25, 0.3) is 0 Å². The third-order valence-corrected chi connectivity index (χ3v) is 3.37. The van der Waals surface area contributed by atoms with Gasteiger partial charge in [-0.2, -0.15) is 0 Å². The number of rotatable bonds is 5. The van der Waals surface area contributed by atoms with E-state index in [0.717, 1.165) is 11.1 Å². The van der Waals surface area contributed by atoms with Gasteiger partial charge < -0.3 is 15.4 Å². The van der Waals surface area contributed by atoms with Crippen molar-refractivity contribution in [2.45, 2.75) is 39.1 Å². The number of nitrogens with one attached hydrogen (secondary N) is 3. The van der Waals surface area contributed by atoms with Gasteiger partial charge in [0.1, 0.15) is 11.8 Å². The maximum Gasteiger partial charge on any atom is 0.409 e. The molecule has 0 heterocycles. The highest BCUT2D eigenvalue weighted by Crippen LogP contribution is 2.12. The number of amides is 3. The maximum atomic E-state index is 12.3. The van der Waals surface area contributed by atoms with E-state index in [4.69, 9.17) is 4.74 Å². The molecule has 2 rings (SSSR count). The van der Waals surface area contributed by atoms with Crippen LogP contribution in [-0.2, 0) is 11.3 Å². The van der Waals surface area contributed by atoms with Crippen LogP contribution in [0.2, 0.25) is 0 Å². The summed E-state index contributed by atoms with van der Waals surface area (Å²) >= 11 is 0. The van der Waals surface area contributed by atoms with Gasteiger partial charge in [0.2, 0.25) is 0 Å². The summed E-state index contributed by atoms with van der Waals surface area (Å²) in [4.78, 5) is 24.4. The van der Waals surface area contributed by atoms with E-state index in [9.17, 15) is 9.59 Å². The quantitative estimate of drug-likeness (QED) is 0.715. The average Bonchev–Trinajstić information content (AvgIpc) is 2.59. The smallest absolute Gasteiger partial charge is 0.409 e. The highest BCUT2D eigenvalue weighted by atomic mass is 16.6. The molecule has 0 aliphatic heterocycles. The molecule has 3 N–H and O–H groups in total. The second-order valence-corrected chi connectivity index (χ2v) is 6.80. The van der Waals surface area contributed by atoms with Crippen molar-refractivity contribution in [3.63, 3.8) is 0 Å². The van der Waals surface area contributed by atoms with Gasteiger partial charge in [0.15, 0.2) is 0 Å². The molecule has 0 saturated carbocycles. The van der Waals surface area contributed by atoms with Crippen LogP contribution in [-0.4, -0.2) is 17.7 Å². The molecule has 0 spiro atoms. The van der Waals surface area contributed by atoms with Crippen molar-refractivity contribution < 1.29 is 14.3 Å². The van der Waals surface area contributed by atoms with Gasteiger partial charge in [0, 0.05) is 6.54 Å². The minimum atomic E-state index is -0.707. The summed E-state index contributed by atoms with van der Waals surface area (Å²) in [5, 5.41) is 8.22. The van der Waals surface area contributed by atoms with Gasteiger partial charge >= 0.3 is 12.1 Å². The van der Waals surface area contributed by atoms with Crippen LogP contribution in [0, 0.1) is 0 Å². The van der Waals surface area contributed by atoms with E-state index >= 15 is 0 Å². The Labute approximate surface area is 153 Å². The van der Waals surface area contributed by atoms with Crippen LogP contribution in [0.3, 0.4) is 0 Å². The Kier molecular flexibility index (Phi) is 6.60. The number of alkyl carbamates (subject to hydrolysis) is 1. The minimum absolute atomic E-state index is 0.390. The van der Waals surface area contributed by atoms with Gasteiger partial charge in [-0.15, -0.1) is 0 Å². The van der Waals surface area contributed by atoms with Gasteiger partial charge in [-0.1, -0.05) is 60.7 Å². The molecule has 2 aromatic carbocycles. The van der Waals surface area contributed by atoms with Gasteiger partial charge in [-0.25, -0.2) is 9.59 Å². The van der Waals surface area contributed by atoms with Crippen molar-refractivity contribution in [2.75, 3.05) is 0 Å². The van der Waals surface area contributed by atoms with Crippen molar-refractivity contribution in [1.29, 1.82) is 0 Å². The van der Waals surface area contributed by atoms with Crippen molar-refractivity contribution in [3.05, 3.63) is 71.8 Å². The number of carbonyl (C=O) groups excluding carboxylic acids is 2. The van der Waals surface area contributed by atoms with E-state index in [2.05, 4.69) is 16.0 Å². The molecular formula is C20H25N3O3. The highest BCUT2D eigenvalue weighted by Gasteiger charge is 2.21. The topological polar surface area (TPSA) is 79.5 Å². The van der Waals surface area contributed by atoms with E-state index in [1.807, 2.05) is 60.7 Å². The molecule has 26 heavy (non-hydrogen) atoms. The molecule has 0 aliphatic rings. The Balaban J connectivity index is 1.99. The monoisotopic (exact) mass is 355 g/mol. The fraction of sp³-hybridized carbons (Fsp3) is 0.300. The van der Waals surface area contributed by atoms with E-state index < -0.39 is 23.9 Å². The van der Waals surface area contributed by atoms with Crippen LogP contribution in [0.4, 0.5) is 9.59 Å². The molecule has 0 aliphatic carbocycles. The summed E-state index contributed by atoms with van der Waals surface area (Å²) in [5.41, 5.74) is 1.10. The molecule has 0 unspecified atom stereocenters. The number of hydrogen-bond donors (Lipinski definition) is 3. The van der Waals surface area contributed by atoms with Crippen molar-refractivity contribution in [3.8, 4) is 0 Å². The molecule has 6 nitrogen and oxygen atoms in total. The molecule has 1 atom stereocenters. The third-order valence-electron chi connectivity index (χ3n) is 3.37. The first-order valence-corrected chi connectivity index (χ1v) is 8.46. The lowest BCUT2D eigenvalue weighted by molar-refractivity contribution is 0.0497. The van der Waals surface area contributed by atoms with E-state index in [0.29, 0.717) is 6.54 Å². The lowest BCUT2D eigenvalue weighted by Crippen LogP contribution is -2.46. The standard InChI is InChI=1S/C20H25N3O3/c1-20(2,3)26-19(25)23-17(16-12-8-5-9-13-16)22-18(24)21-14-15-10-6-4-7-11-15/h4-13,17H,14H2,1-3H3,(H,23,25)(H2,21,22,24)/t17-/m0/s1. The highest BCUT2D eigenvalue weighted by molar-refractivity contribution is 5.75. The summed E-state index contributed by atoms with van der Waals surface area (Å²) < 4.78 is 5.28. The molecule has 0 aromatic heterocycles. The minimum Gasteiger partial charge on any atom is -0.444 e. The maximum absolute atomic E-state index is 12.3. The van der Waals surface area contributed by atoms with Gasteiger partial charge in [0.05, 0.1) is 0 Å². The zero-order chi connectivity index (χ0) is 19.0. The Morgan fingerprint density at radius 3 is 2.08 bits per heavy atom. The Morgan fingerprint density at radius 2 is 1.50 bits per heavy atom. The summed E-state index contributed by atoms with van der Waals surface area (Å²) in [7, 11) is 0. The van der Waals surface area contributed by atoms with Crippen LogP contribution >= 0.6 is 0 Å². The molecule has 2 aromatic rings. The predicted octanol–water partition coefficient (Wildman–Crippen LogP) is 3.71. The second-order valence-electron chi connectivity index (χ2n) is 6.80. The SMILES string of the molecule is CC(C)(C)OC(=O)N[C@H](NC(=O)NCc1ccccc1)c1ccccc1. The lowest BCUT2D eigenvalue weighted by atomic mass is 10.1. The summed E-state index contributed by atoms with van der Waals surface area (Å²) in [6, 6.07) is 18.4. The molecule has 6 heteroatoms. The van der Waals surface area contributed by atoms with Crippen LogP contribution in [0.5, 0.6) is 0 Å². The fourth-order valence-corrected chi connectivity index (χ4v) is 2.23. The predicted molar refractivity (Wildman–Crippen MR) is 100 cm³/mol. The number of carbonyl (C=O) groups is 2. The first-order valence-electron chi connectivity index (χ1n) is 8.46. The number of ether oxygens (including phenoxy) is 1. The molecule has 0 fully saturated rings. The van der Waals surface area contributed by atoms with Crippen molar-refractivity contribution >= 4 is 12.1 Å². The van der Waals surface area contributed by atoms with Crippen LogP contribution < -0.4 is 16.0 Å². The molecule has 0 radical (unpaired) electrons. The van der Waals surface area contributed by atoms with E-state index in [1.165, 1.54) is 0 Å². The first-order chi connectivity index (χ1) is 12.3. The lowest BCUT2D eigenvalue weighted by Gasteiger charge is -2.24. The molecular weight excluding hydrogens is 330 g/mol.